The van der Waals surface area contributed by atoms with Crippen LogP contribution in [0.4, 0.5) is 0 Å². The van der Waals surface area contributed by atoms with E-state index in [1.54, 1.807) is 0 Å². The molecule has 0 saturated carbocycles. The third-order valence-corrected chi connectivity index (χ3v) is 4.15. The fraction of sp³-hybridized carbons (Fsp3) is 0.200. The van der Waals surface area contributed by atoms with E-state index in [0.717, 1.165) is 16.1 Å². The highest BCUT2D eigenvalue weighted by Crippen LogP contribution is 2.29. The lowest BCUT2D eigenvalue weighted by molar-refractivity contribution is 0.868. The molecule has 3 heteroatoms. The highest BCUT2D eigenvalue weighted by molar-refractivity contribution is 14.1. The lowest BCUT2D eigenvalue weighted by Gasteiger charge is -2.16. The lowest BCUT2D eigenvalue weighted by atomic mass is 9.96. The van der Waals surface area contributed by atoms with Crippen molar-refractivity contribution in [1.82, 2.24) is 0 Å². The normalized spacial score (nSPS) is 12.5. The third-order valence-electron chi connectivity index (χ3n) is 3.16. The van der Waals surface area contributed by atoms with Crippen LogP contribution in [0.15, 0.2) is 36.4 Å². The van der Waals surface area contributed by atoms with Crippen LogP contribution in [0.3, 0.4) is 0 Å². The summed E-state index contributed by atoms with van der Waals surface area (Å²) in [7, 11) is 0. The van der Waals surface area contributed by atoms with E-state index < -0.39 is 0 Å². The van der Waals surface area contributed by atoms with E-state index >= 15 is 0 Å². The van der Waals surface area contributed by atoms with Crippen molar-refractivity contribution in [3.63, 3.8) is 0 Å². The van der Waals surface area contributed by atoms with E-state index in [9.17, 15) is 0 Å². The SMILES string of the molecule is Cc1cc(Cl)c(C(N)c2cccc(I)c2)cc1C. The summed E-state index contributed by atoms with van der Waals surface area (Å²) in [4.78, 5) is 0. The molecule has 2 aromatic carbocycles. The monoisotopic (exact) mass is 371 g/mol. The van der Waals surface area contributed by atoms with Crippen molar-refractivity contribution >= 4 is 34.2 Å². The Kier molecular flexibility index (Phi) is 4.30. The van der Waals surface area contributed by atoms with Gasteiger partial charge in [-0.05, 0) is 76.9 Å². The van der Waals surface area contributed by atoms with E-state index in [2.05, 4.69) is 54.6 Å². The first-order valence-corrected chi connectivity index (χ1v) is 7.22. The van der Waals surface area contributed by atoms with Gasteiger partial charge in [-0.15, -0.1) is 0 Å². The number of hydrogen-bond donors (Lipinski definition) is 1. The maximum absolute atomic E-state index is 6.32. The second-order valence-electron chi connectivity index (χ2n) is 4.49. The summed E-state index contributed by atoms with van der Waals surface area (Å²) in [5.74, 6) is 0. The molecule has 18 heavy (non-hydrogen) atoms. The van der Waals surface area contributed by atoms with Crippen LogP contribution in [0.1, 0.15) is 28.3 Å². The van der Waals surface area contributed by atoms with Crippen molar-refractivity contribution in [3.05, 3.63) is 67.2 Å². The standard InChI is InChI=1S/C15H15ClIN/c1-9-6-13(14(16)7-10(9)2)15(18)11-4-3-5-12(17)8-11/h3-8,15H,18H2,1-2H3. The Morgan fingerprint density at radius 1 is 1.11 bits per heavy atom. The molecule has 0 amide bonds. The van der Waals surface area contributed by atoms with Crippen LogP contribution < -0.4 is 5.73 Å². The van der Waals surface area contributed by atoms with E-state index in [4.69, 9.17) is 17.3 Å². The molecule has 0 spiro atoms. The Bertz CT molecular complexity index is 581. The predicted octanol–water partition coefficient (Wildman–Crippen LogP) is 4.61. The van der Waals surface area contributed by atoms with Gasteiger partial charge in [-0.3, -0.25) is 0 Å². The molecule has 0 aliphatic heterocycles. The summed E-state index contributed by atoms with van der Waals surface area (Å²) in [5, 5.41) is 0.740. The molecule has 0 aliphatic carbocycles. The predicted molar refractivity (Wildman–Crippen MR) is 86.1 cm³/mol. The number of nitrogens with two attached hydrogens (primary N) is 1. The van der Waals surface area contributed by atoms with Gasteiger partial charge in [0.15, 0.2) is 0 Å². The van der Waals surface area contributed by atoms with Crippen molar-refractivity contribution in [2.45, 2.75) is 19.9 Å². The van der Waals surface area contributed by atoms with Crippen LogP contribution in [0.2, 0.25) is 5.02 Å². The molecule has 2 N–H and O–H groups in total. The summed E-state index contributed by atoms with van der Waals surface area (Å²) in [6.07, 6.45) is 0. The maximum atomic E-state index is 6.32. The first kappa shape index (κ1) is 13.8. The fourth-order valence-corrected chi connectivity index (χ4v) is 2.82. The molecule has 1 nitrogen and oxygen atoms in total. The zero-order valence-electron chi connectivity index (χ0n) is 10.4. The van der Waals surface area contributed by atoms with Crippen molar-refractivity contribution in [2.75, 3.05) is 0 Å². The molecule has 2 aromatic rings. The van der Waals surface area contributed by atoms with Crippen LogP contribution in [0.5, 0.6) is 0 Å². The first-order chi connectivity index (χ1) is 8.49. The van der Waals surface area contributed by atoms with Gasteiger partial charge >= 0.3 is 0 Å². The number of hydrogen-bond acceptors (Lipinski definition) is 1. The molecule has 1 atom stereocenters. The topological polar surface area (TPSA) is 26.0 Å². The maximum Gasteiger partial charge on any atom is 0.0566 e. The van der Waals surface area contributed by atoms with Crippen LogP contribution in [0, 0.1) is 17.4 Å². The van der Waals surface area contributed by atoms with E-state index in [1.807, 2.05) is 18.2 Å². The van der Waals surface area contributed by atoms with Gasteiger partial charge in [0, 0.05) is 8.59 Å². The highest BCUT2D eigenvalue weighted by atomic mass is 127. The van der Waals surface area contributed by atoms with E-state index in [0.29, 0.717) is 0 Å². The summed E-state index contributed by atoms with van der Waals surface area (Å²) in [6.45, 7) is 4.14. The number of halogens is 2. The molecule has 2 rings (SSSR count). The van der Waals surface area contributed by atoms with Crippen LogP contribution in [-0.2, 0) is 0 Å². The first-order valence-electron chi connectivity index (χ1n) is 5.76. The minimum absolute atomic E-state index is 0.175. The summed E-state index contributed by atoms with van der Waals surface area (Å²) < 4.78 is 1.18. The van der Waals surface area contributed by atoms with Gasteiger partial charge in [-0.2, -0.15) is 0 Å². The molecule has 0 aliphatic rings. The molecule has 0 radical (unpaired) electrons. The van der Waals surface area contributed by atoms with Crippen molar-refractivity contribution in [1.29, 1.82) is 0 Å². The van der Waals surface area contributed by atoms with Gasteiger partial charge < -0.3 is 5.73 Å². The van der Waals surface area contributed by atoms with Gasteiger partial charge in [0.25, 0.3) is 0 Å². The summed E-state index contributed by atoms with van der Waals surface area (Å²) in [5.41, 5.74) is 10.8. The van der Waals surface area contributed by atoms with Crippen LogP contribution in [-0.4, -0.2) is 0 Å². The van der Waals surface area contributed by atoms with Crippen LogP contribution in [0.25, 0.3) is 0 Å². The largest absolute Gasteiger partial charge is 0.320 e. The smallest absolute Gasteiger partial charge is 0.0566 e. The Balaban J connectivity index is 2.46. The Morgan fingerprint density at radius 2 is 1.78 bits per heavy atom. The van der Waals surface area contributed by atoms with Crippen molar-refractivity contribution < 1.29 is 0 Å². The van der Waals surface area contributed by atoms with Gasteiger partial charge in [-0.25, -0.2) is 0 Å². The average Bonchev–Trinajstić information content (AvgIpc) is 2.33. The molecule has 94 valence electrons. The molecule has 0 bridgehead atoms. The molecule has 1 unspecified atom stereocenters. The highest BCUT2D eigenvalue weighted by Gasteiger charge is 2.14. The Labute approximate surface area is 126 Å². The van der Waals surface area contributed by atoms with Crippen molar-refractivity contribution in [3.8, 4) is 0 Å². The number of benzene rings is 2. The van der Waals surface area contributed by atoms with Crippen molar-refractivity contribution in [2.24, 2.45) is 5.73 Å². The second kappa shape index (κ2) is 5.59. The molecule has 0 aromatic heterocycles. The molecular formula is C15H15ClIN. The van der Waals surface area contributed by atoms with E-state index in [1.165, 1.54) is 14.7 Å². The van der Waals surface area contributed by atoms with Gasteiger partial charge in [0.1, 0.15) is 0 Å². The average molecular weight is 372 g/mol. The summed E-state index contributed by atoms with van der Waals surface area (Å²) in [6, 6.07) is 12.1. The van der Waals surface area contributed by atoms with Gasteiger partial charge in [0.05, 0.1) is 6.04 Å². The summed E-state index contributed by atoms with van der Waals surface area (Å²) >= 11 is 8.59. The fourth-order valence-electron chi connectivity index (χ4n) is 1.92. The zero-order chi connectivity index (χ0) is 13.3. The van der Waals surface area contributed by atoms with E-state index in [-0.39, 0.29) is 6.04 Å². The molecular weight excluding hydrogens is 357 g/mol. The van der Waals surface area contributed by atoms with Gasteiger partial charge in [0.2, 0.25) is 0 Å². The molecule has 0 fully saturated rings. The third kappa shape index (κ3) is 2.87. The second-order valence-corrected chi connectivity index (χ2v) is 6.14. The minimum Gasteiger partial charge on any atom is -0.320 e. The molecule has 0 saturated heterocycles. The number of rotatable bonds is 2. The lowest BCUT2D eigenvalue weighted by Crippen LogP contribution is -2.13. The van der Waals surface area contributed by atoms with Gasteiger partial charge in [-0.1, -0.05) is 29.8 Å². The minimum atomic E-state index is -0.175. The zero-order valence-corrected chi connectivity index (χ0v) is 13.3. The Hall–Kier alpha value is -0.580. The Morgan fingerprint density at radius 3 is 2.44 bits per heavy atom. The molecule has 0 heterocycles. The number of aryl methyl sites for hydroxylation is 2. The van der Waals surface area contributed by atoms with Crippen LogP contribution >= 0.6 is 34.2 Å². The quantitative estimate of drug-likeness (QED) is 0.767.